The zero-order valence-corrected chi connectivity index (χ0v) is 9.21. The number of hydrogen-bond acceptors (Lipinski definition) is 2. The Labute approximate surface area is 95.8 Å². The summed E-state index contributed by atoms with van der Waals surface area (Å²) >= 11 is 0. The molecule has 2 heterocycles. The highest BCUT2D eigenvalue weighted by atomic mass is 19.4. The molecule has 2 rings (SSSR count). The molecule has 1 saturated heterocycles. The number of aryl methyl sites for hydroxylation is 1. The van der Waals surface area contributed by atoms with Gasteiger partial charge in [0.1, 0.15) is 0 Å². The van der Waals surface area contributed by atoms with E-state index < -0.39 is 11.9 Å². The molecule has 1 fully saturated rings. The summed E-state index contributed by atoms with van der Waals surface area (Å²) in [5.41, 5.74) is -0.426. The lowest BCUT2D eigenvalue weighted by Gasteiger charge is -2.23. The number of alkyl halides is 3. The van der Waals surface area contributed by atoms with E-state index in [4.69, 9.17) is 0 Å². The number of nitrogens with zero attached hydrogens (tertiary/aromatic N) is 2. The van der Waals surface area contributed by atoms with Crippen molar-refractivity contribution < 1.29 is 18.0 Å². The van der Waals surface area contributed by atoms with E-state index in [1.54, 1.807) is 6.92 Å². The first kappa shape index (κ1) is 11.9. The number of hydrogen-bond donors (Lipinski definition) is 1. The molecule has 94 valence electrons. The highest BCUT2D eigenvalue weighted by Crippen LogP contribution is 2.30. The van der Waals surface area contributed by atoms with Gasteiger partial charge in [-0.1, -0.05) is 0 Å². The number of piperidine rings is 1. The topological polar surface area (TPSA) is 46.9 Å². The molecule has 0 aliphatic carbocycles. The Morgan fingerprint density at radius 2 is 2.24 bits per heavy atom. The number of rotatable bonds is 1. The summed E-state index contributed by atoms with van der Waals surface area (Å²) in [6.07, 6.45) is -3.58. The zero-order chi connectivity index (χ0) is 12.6. The summed E-state index contributed by atoms with van der Waals surface area (Å²) < 4.78 is 38.7. The van der Waals surface area contributed by atoms with Gasteiger partial charge in [0.2, 0.25) is 5.91 Å². The minimum atomic E-state index is -4.42. The van der Waals surface area contributed by atoms with Crippen LogP contribution in [0.3, 0.4) is 0 Å². The largest absolute Gasteiger partial charge is 0.435 e. The lowest BCUT2D eigenvalue weighted by molar-refractivity contribution is -0.141. The van der Waals surface area contributed by atoms with E-state index in [1.165, 1.54) is 4.68 Å². The lowest BCUT2D eigenvalue weighted by atomic mass is 10.1. The molecule has 1 aromatic rings. The Bertz CT molecular complexity index is 428. The monoisotopic (exact) mass is 247 g/mol. The Hall–Kier alpha value is -1.53. The normalized spacial score (nSPS) is 21.4. The van der Waals surface area contributed by atoms with Gasteiger partial charge in [-0.2, -0.15) is 18.3 Å². The summed E-state index contributed by atoms with van der Waals surface area (Å²) in [4.78, 5) is 11.0. The molecule has 1 aliphatic heterocycles. The first-order chi connectivity index (χ1) is 7.88. The number of carbonyl (C=O) groups excluding carboxylic acids is 1. The van der Waals surface area contributed by atoms with Crippen LogP contribution in [0.1, 0.15) is 30.3 Å². The quantitative estimate of drug-likeness (QED) is 0.820. The molecular weight excluding hydrogens is 235 g/mol. The van der Waals surface area contributed by atoms with Crippen molar-refractivity contribution in [3.63, 3.8) is 0 Å². The Kier molecular flexibility index (Phi) is 2.84. The molecule has 17 heavy (non-hydrogen) atoms. The molecule has 0 radical (unpaired) electrons. The fraction of sp³-hybridized carbons (Fsp3) is 0.600. The van der Waals surface area contributed by atoms with Gasteiger partial charge in [-0.3, -0.25) is 9.48 Å². The van der Waals surface area contributed by atoms with Crippen LogP contribution in [0, 0.1) is 6.92 Å². The van der Waals surface area contributed by atoms with Gasteiger partial charge < -0.3 is 5.32 Å². The lowest BCUT2D eigenvalue weighted by Crippen LogP contribution is -2.36. The van der Waals surface area contributed by atoms with E-state index in [1.807, 2.05) is 0 Å². The molecule has 4 nitrogen and oxygen atoms in total. The highest BCUT2D eigenvalue weighted by Gasteiger charge is 2.35. The van der Waals surface area contributed by atoms with Crippen LogP contribution < -0.4 is 5.32 Å². The molecule has 1 amide bonds. The van der Waals surface area contributed by atoms with Crippen LogP contribution in [-0.4, -0.2) is 22.2 Å². The third kappa shape index (κ3) is 2.42. The predicted molar refractivity (Wildman–Crippen MR) is 53.2 cm³/mol. The summed E-state index contributed by atoms with van der Waals surface area (Å²) in [7, 11) is 0. The van der Waals surface area contributed by atoms with Gasteiger partial charge in [-0.15, -0.1) is 0 Å². The van der Waals surface area contributed by atoms with Gasteiger partial charge in [0, 0.05) is 18.7 Å². The molecule has 0 bridgehead atoms. The second-order valence-corrected chi connectivity index (χ2v) is 4.11. The van der Waals surface area contributed by atoms with Crippen molar-refractivity contribution in [1.29, 1.82) is 0 Å². The van der Waals surface area contributed by atoms with Crippen LogP contribution in [0.5, 0.6) is 0 Å². The average molecular weight is 247 g/mol. The SMILES string of the molecule is Cc1cc(C(F)(F)F)nn1C1CCC(=O)NC1. The van der Waals surface area contributed by atoms with Crippen molar-refractivity contribution in [2.45, 2.75) is 32.0 Å². The van der Waals surface area contributed by atoms with Gasteiger partial charge in [0.25, 0.3) is 0 Å². The Balaban J connectivity index is 2.21. The minimum Gasteiger partial charge on any atom is -0.354 e. The van der Waals surface area contributed by atoms with Gasteiger partial charge in [-0.25, -0.2) is 0 Å². The van der Waals surface area contributed by atoms with Crippen molar-refractivity contribution in [3.05, 3.63) is 17.5 Å². The molecular formula is C10H12F3N3O. The molecule has 0 saturated carbocycles. The van der Waals surface area contributed by atoms with Crippen molar-refractivity contribution >= 4 is 5.91 Å². The fourth-order valence-electron chi connectivity index (χ4n) is 1.92. The maximum Gasteiger partial charge on any atom is 0.435 e. The number of nitrogens with one attached hydrogen (secondary N) is 1. The van der Waals surface area contributed by atoms with E-state index in [2.05, 4.69) is 10.4 Å². The van der Waals surface area contributed by atoms with Crippen LogP contribution >= 0.6 is 0 Å². The van der Waals surface area contributed by atoms with Crippen molar-refractivity contribution in [1.82, 2.24) is 15.1 Å². The summed E-state index contributed by atoms with van der Waals surface area (Å²) in [6, 6.07) is 0.833. The molecule has 0 aromatic carbocycles. The first-order valence-electron chi connectivity index (χ1n) is 5.28. The first-order valence-corrected chi connectivity index (χ1v) is 5.28. The number of halogens is 3. The van der Waals surface area contributed by atoms with Crippen molar-refractivity contribution in [2.24, 2.45) is 0 Å². The van der Waals surface area contributed by atoms with Crippen LogP contribution in [0.2, 0.25) is 0 Å². The van der Waals surface area contributed by atoms with E-state index in [0.29, 0.717) is 25.1 Å². The maximum atomic E-state index is 12.5. The third-order valence-electron chi connectivity index (χ3n) is 2.80. The molecule has 1 aliphatic rings. The van der Waals surface area contributed by atoms with Gasteiger partial charge in [-0.05, 0) is 19.4 Å². The summed E-state index contributed by atoms with van der Waals surface area (Å²) in [5, 5.41) is 6.19. The van der Waals surface area contributed by atoms with Crippen molar-refractivity contribution in [3.8, 4) is 0 Å². The second-order valence-electron chi connectivity index (χ2n) is 4.11. The number of aromatic nitrogens is 2. The molecule has 7 heteroatoms. The average Bonchev–Trinajstić information content (AvgIpc) is 2.61. The van der Waals surface area contributed by atoms with Gasteiger partial charge in [0.15, 0.2) is 5.69 Å². The standard InChI is InChI=1S/C10H12F3N3O/c1-6-4-8(10(11,12)13)15-16(6)7-2-3-9(17)14-5-7/h4,7H,2-3,5H2,1H3,(H,14,17). The van der Waals surface area contributed by atoms with Crippen LogP contribution in [-0.2, 0) is 11.0 Å². The maximum absolute atomic E-state index is 12.5. The smallest absolute Gasteiger partial charge is 0.354 e. The Morgan fingerprint density at radius 1 is 1.53 bits per heavy atom. The fourth-order valence-corrected chi connectivity index (χ4v) is 1.92. The number of amides is 1. The van der Waals surface area contributed by atoms with Gasteiger partial charge in [0.05, 0.1) is 6.04 Å². The van der Waals surface area contributed by atoms with Crippen LogP contribution in [0.4, 0.5) is 13.2 Å². The Morgan fingerprint density at radius 3 is 2.71 bits per heavy atom. The van der Waals surface area contributed by atoms with E-state index in [0.717, 1.165) is 6.07 Å². The van der Waals surface area contributed by atoms with E-state index >= 15 is 0 Å². The highest BCUT2D eigenvalue weighted by molar-refractivity contribution is 5.76. The predicted octanol–water partition coefficient (Wildman–Crippen LogP) is 1.66. The van der Waals surface area contributed by atoms with E-state index in [9.17, 15) is 18.0 Å². The summed E-state index contributed by atoms with van der Waals surface area (Å²) in [6.45, 7) is 1.91. The summed E-state index contributed by atoms with van der Waals surface area (Å²) in [5.74, 6) is -0.0675. The van der Waals surface area contributed by atoms with E-state index in [-0.39, 0.29) is 11.9 Å². The van der Waals surface area contributed by atoms with Crippen LogP contribution in [0.25, 0.3) is 0 Å². The number of carbonyl (C=O) groups is 1. The van der Waals surface area contributed by atoms with Crippen LogP contribution in [0.15, 0.2) is 6.07 Å². The zero-order valence-electron chi connectivity index (χ0n) is 9.21. The minimum absolute atomic E-state index is 0.0675. The molecule has 1 unspecified atom stereocenters. The molecule has 1 atom stereocenters. The third-order valence-corrected chi connectivity index (χ3v) is 2.80. The molecule has 1 N–H and O–H groups in total. The van der Waals surface area contributed by atoms with Crippen molar-refractivity contribution in [2.75, 3.05) is 6.54 Å². The molecule has 1 aromatic heterocycles. The van der Waals surface area contributed by atoms with Gasteiger partial charge >= 0.3 is 6.18 Å². The molecule has 0 spiro atoms. The second kappa shape index (κ2) is 4.05.